The van der Waals surface area contributed by atoms with Crippen LogP contribution in [0.5, 0.6) is 0 Å². The number of aliphatic hydroxyl groups is 2. The fraction of sp³-hybridized carbons (Fsp3) is 0.286. The van der Waals surface area contributed by atoms with Crippen molar-refractivity contribution in [1.29, 1.82) is 0 Å². The van der Waals surface area contributed by atoms with Gasteiger partial charge in [0.05, 0.1) is 13.2 Å². The first-order chi connectivity index (χ1) is 8.86. The van der Waals surface area contributed by atoms with Gasteiger partial charge in [-0.3, -0.25) is 0 Å². The van der Waals surface area contributed by atoms with Crippen molar-refractivity contribution in [3.8, 4) is 0 Å². The van der Waals surface area contributed by atoms with Gasteiger partial charge in [-0.25, -0.2) is 0 Å². The average Bonchev–Trinajstić information content (AvgIpc) is 2.43. The molecule has 0 spiro atoms. The van der Waals surface area contributed by atoms with Crippen molar-refractivity contribution in [1.82, 2.24) is 0 Å². The predicted molar refractivity (Wildman–Crippen MR) is 79.6 cm³/mol. The molecule has 4 heteroatoms. The molecule has 2 aromatic carbocycles. The van der Waals surface area contributed by atoms with Gasteiger partial charge in [0.2, 0.25) is 0 Å². The van der Waals surface area contributed by atoms with Gasteiger partial charge in [-0.15, -0.1) is 23.5 Å². The number of thioether (sulfide) groups is 2. The molecule has 0 amide bonds. The molecule has 0 aliphatic carbocycles. The molecule has 2 rings (SSSR count). The first-order valence-electron chi connectivity index (χ1n) is 5.86. The van der Waals surface area contributed by atoms with Crippen LogP contribution in [-0.2, 0) is 0 Å². The summed E-state index contributed by atoms with van der Waals surface area (Å²) in [6, 6.07) is 12.5. The van der Waals surface area contributed by atoms with Gasteiger partial charge >= 0.3 is 0 Å². The van der Waals surface area contributed by atoms with E-state index in [9.17, 15) is 0 Å². The molecule has 0 saturated heterocycles. The minimum Gasteiger partial charge on any atom is -0.396 e. The summed E-state index contributed by atoms with van der Waals surface area (Å²) in [6.07, 6.45) is 0. The van der Waals surface area contributed by atoms with E-state index in [0.29, 0.717) is 11.5 Å². The molecule has 0 aliphatic rings. The maximum Gasteiger partial charge on any atom is 0.0525 e. The van der Waals surface area contributed by atoms with Crippen LogP contribution in [0.15, 0.2) is 46.2 Å². The molecule has 0 aliphatic heterocycles. The van der Waals surface area contributed by atoms with Gasteiger partial charge in [0.1, 0.15) is 0 Å². The third-order valence-electron chi connectivity index (χ3n) is 2.53. The molecule has 0 heterocycles. The highest BCUT2D eigenvalue weighted by atomic mass is 32.2. The summed E-state index contributed by atoms with van der Waals surface area (Å²) < 4.78 is 0. The molecular formula is C14H16O2S2. The number of benzene rings is 2. The topological polar surface area (TPSA) is 40.5 Å². The Hall–Kier alpha value is -0.680. The molecule has 0 radical (unpaired) electrons. The minimum absolute atomic E-state index is 0.179. The van der Waals surface area contributed by atoms with Crippen molar-refractivity contribution in [2.24, 2.45) is 0 Å². The predicted octanol–water partition coefficient (Wildman–Crippen LogP) is 3.01. The van der Waals surface area contributed by atoms with E-state index in [4.69, 9.17) is 10.2 Å². The summed E-state index contributed by atoms with van der Waals surface area (Å²) in [7, 11) is 0. The second-order valence-corrected chi connectivity index (χ2v) is 6.00. The van der Waals surface area contributed by atoms with Crippen LogP contribution in [-0.4, -0.2) is 34.9 Å². The summed E-state index contributed by atoms with van der Waals surface area (Å²) in [5.74, 6) is 1.39. The molecular weight excluding hydrogens is 264 g/mol. The molecule has 96 valence electrons. The largest absolute Gasteiger partial charge is 0.396 e. The number of rotatable bonds is 6. The molecule has 0 aromatic heterocycles. The highest BCUT2D eigenvalue weighted by Gasteiger charge is 2.08. The van der Waals surface area contributed by atoms with E-state index < -0.39 is 0 Å². The Balaban J connectivity index is 2.41. The molecule has 2 nitrogen and oxygen atoms in total. The van der Waals surface area contributed by atoms with Gasteiger partial charge in [0, 0.05) is 21.3 Å². The van der Waals surface area contributed by atoms with E-state index in [-0.39, 0.29) is 13.2 Å². The molecule has 0 bridgehead atoms. The monoisotopic (exact) mass is 280 g/mol. The average molecular weight is 280 g/mol. The maximum atomic E-state index is 9.00. The minimum atomic E-state index is 0.179. The summed E-state index contributed by atoms with van der Waals surface area (Å²) in [4.78, 5) is 2.39. The SMILES string of the molecule is OCCSc1ccc2ccccc2c1SCCO. The molecule has 0 atom stereocenters. The van der Waals surface area contributed by atoms with Crippen molar-refractivity contribution in [3.05, 3.63) is 36.4 Å². The molecule has 0 fully saturated rings. The maximum absolute atomic E-state index is 9.00. The molecule has 0 saturated carbocycles. The zero-order valence-electron chi connectivity index (χ0n) is 10.0. The first-order valence-corrected chi connectivity index (χ1v) is 7.83. The number of fused-ring (bicyclic) bond motifs is 1. The van der Waals surface area contributed by atoms with E-state index in [1.807, 2.05) is 12.1 Å². The fourth-order valence-electron chi connectivity index (χ4n) is 1.79. The Labute approximate surface area is 115 Å². The summed E-state index contributed by atoms with van der Waals surface area (Å²) in [6.45, 7) is 0.361. The second-order valence-electron chi connectivity index (χ2n) is 3.76. The zero-order chi connectivity index (χ0) is 12.8. The van der Waals surface area contributed by atoms with Gasteiger partial charge in [-0.05, 0) is 16.8 Å². The molecule has 2 aromatic rings. The van der Waals surface area contributed by atoms with Gasteiger partial charge in [-0.1, -0.05) is 30.3 Å². The number of hydrogen-bond acceptors (Lipinski definition) is 4. The van der Waals surface area contributed by atoms with Crippen LogP contribution in [0.25, 0.3) is 10.8 Å². The lowest BCUT2D eigenvalue weighted by Crippen LogP contribution is -1.91. The quantitative estimate of drug-likeness (QED) is 0.798. The third-order valence-corrected chi connectivity index (χ3v) is 4.81. The van der Waals surface area contributed by atoms with Gasteiger partial charge in [0.25, 0.3) is 0 Å². The summed E-state index contributed by atoms with van der Waals surface area (Å²) in [5.41, 5.74) is 0. The number of hydrogen-bond donors (Lipinski definition) is 2. The zero-order valence-corrected chi connectivity index (χ0v) is 11.6. The van der Waals surface area contributed by atoms with Crippen LogP contribution < -0.4 is 0 Å². The van der Waals surface area contributed by atoms with Crippen LogP contribution in [0.4, 0.5) is 0 Å². The van der Waals surface area contributed by atoms with Crippen molar-refractivity contribution >= 4 is 34.3 Å². The Morgan fingerprint density at radius 1 is 0.833 bits per heavy atom. The molecule has 2 N–H and O–H groups in total. The Bertz CT molecular complexity index is 514. The Morgan fingerprint density at radius 2 is 1.56 bits per heavy atom. The van der Waals surface area contributed by atoms with E-state index in [1.165, 1.54) is 20.6 Å². The Kier molecular flexibility index (Phi) is 5.38. The number of aliphatic hydroxyl groups excluding tert-OH is 2. The van der Waals surface area contributed by atoms with Crippen molar-refractivity contribution in [2.75, 3.05) is 24.7 Å². The standard InChI is InChI=1S/C14H16O2S2/c15-7-9-17-13-6-5-11-3-1-2-4-12(11)14(13)18-10-8-16/h1-6,15-16H,7-10H2. The second kappa shape index (κ2) is 7.04. The van der Waals surface area contributed by atoms with E-state index in [1.54, 1.807) is 23.5 Å². The fourth-order valence-corrected chi connectivity index (χ4v) is 3.71. The van der Waals surface area contributed by atoms with Crippen molar-refractivity contribution < 1.29 is 10.2 Å². The highest BCUT2D eigenvalue weighted by Crippen LogP contribution is 2.36. The van der Waals surface area contributed by atoms with Crippen LogP contribution in [0.3, 0.4) is 0 Å². The van der Waals surface area contributed by atoms with Crippen molar-refractivity contribution in [3.63, 3.8) is 0 Å². The van der Waals surface area contributed by atoms with Crippen LogP contribution in [0.1, 0.15) is 0 Å². The molecule has 18 heavy (non-hydrogen) atoms. The van der Waals surface area contributed by atoms with Gasteiger partial charge < -0.3 is 10.2 Å². The first kappa shape index (κ1) is 13.7. The lowest BCUT2D eigenvalue weighted by Gasteiger charge is -2.11. The highest BCUT2D eigenvalue weighted by molar-refractivity contribution is 8.02. The van der Waals surface area contributed by atoms with E-state index in [2.05, 4.69) is 24.3 Å². The van der Waals surface area contributed by atoms with E-state index in [0.717, 1.165) is 0 Å². The van der Waals surface area contributed by atoms with Crippen LogP contribution >= 0.6 is 23.5 Å². The normalized spacial score (nSPS) is 11.0. The third kappa shape index (κ3) is 3.20. The summed E-state index contributed by atoms with van der Waals surface area (Å²) >= 11 is 3.33. The lowest BCUT2D eigenvalue weighted by atomic mass is 10.1. The van der Waals surface area contributed by atoms with Crippen LogP contribution in [0.2, 0.25) is 0 Å². The molecule has 0 unspecified atom stereocenters. The smallest absolute Gasteiger partial charge is 0.0525 e. The lowest BCUT2D eigenvalue weighted by molar-refractivity contribution is 0.322. The van der Waals surface area contributed by atoms with Gasteiger partial charge in [0.15, 0.2) is 0 Å². The van der Waals surface area contributed by atoms with Crippen molar-refractivity contribution in [2.45, 2.75) is 9.79 Å². The summed E-state index contributed by atoms with van der Waals surface area (Å²) in [5, 5.41) is 20.4. The van der Waals surface area contributed by atoms with E-state index >= 15 is 0 Å². The van der Waals surface area contributed by atoms with Gasteiger partial charge in [-0.2, -0.15) is 0 Å². The Morgan fingerprint density at radius 3 is 2.33 bits per heavy atom. The van der Waals surface area contributed by atoms with Crippen LogP contribution in [0, 0.1) is 0 Å².